The van der Waals surface area contributed by atoms with Crippen molar-refractivity contribution in [2.45, 2.75) is 50.6 Å². The second kappa shape index (κ2) is 5.88. The summed E-state index contributed by atoms with van der Waals surface area (Å²) >= 11 is 21.7. The van der Waals surface area contributed by atoms with E-state index >= 15 is 0 Å². The van der Waals surface area contributed by atoms with Crippen LogP contribution in [-0.4, -0.2) is 17.6 Å². The highest BCUT2D eigenvalue weighted by Gasteiger charge is 2.52. The maximum atomic E-state index is 12.8. The molecule has 0 aromatic heterocycles. The van der Waals surface area contributed by atoms with E-state index in [0.717, 1.165) is 9.68 Å². The summed E-state index contributed by atoms with van der Waals surface area (Å²) in [7, 11) is -1.63. The first-order valence-corrected chi connectivity index (χ1v) is 12.1. The van der Waals surface area contributed by atoms with E-state index in [-0.39, 0.29) is 17.6 Å². The van der Waals surface area contributed by atoms with Crippen molar-refractivity contribution in [2.24, 2.45) is 17.3 Å². The number of carbonyl (C=O) groups is 1. The number of alkyl halides is 3. The maximum Gasteiger partial charge on any atom is 0.191 e. The largest absolute Gasteiger partial charge is 0.294 e. The van der Waals surface area contributed by atoms with Crippen LogP contribution in [0.2, 0.25) is 19.6 Å². The molecule has 1 aliphatic rings. The molecular weight excluding hydrogens is 399 g/mol. The number of hydrogen-bond donors (Lipinski definition) is 0. The van der Waals surface area contributed by atoms with Crippen LogP contribution in [0.25, 0.3) is 0 Å². The van der Waals surface area contributed by atoms with Crippen LogP contribution in [0.1, 0.15) is 27.2 Å². The van der Waals surface area contributed by atoms with E-state index < -0.39 is 17.3 Å². The van der Waals surface area contributed by atoms with Gasteiger partial charge in [-0.05, 0) is 15.9 Å². The molecule has 1 saturated carbocycles. The molecule has 0 N–H and O–H groups in total. The number of hydrogen-bond acceptors (Lipinski definition) is 1. The second-order valence-electron chi connectivity index (χ2n) is 7.24. The van der Waals surface area contributed by atoms with Gasteiger partial charge in [0.25, 0.3) is 0 Å². The summed E-state index contributed by atoms with van der Waals surface area (Å²) in [6.07, 6.45) is 0.378. The highest BCUT2D eigenvalue weighted by Crippen LogP contribution is 2.53. The smallest absolute Gasteiger partial charge is 0.191 e. The van der Waals surface area contributed by atoms with Gasteiger partial charge in [0.15, 0.2) is 9.58 Å². The molecule has 20 heavy (non-hydrogen) atoms. The molecule has 0 heterocycles. The van der Waals surface area contributed by atoms with E-state index in [1.54, 1.807) is 0 Å². The molecular formula is C14H22BrCl3OSi. The fourth-order valence-electron chi connectivity index (χ4n) is 2.67. The number of ketones is 1. The molecule has 1 nitrogen and oxygen atoms in total. The van der Waals surface area contributed by atoms with Crippen LogP contribution in [0.4, 0.5) is 0 Å². The molecule has 2 atom stereocenters. The van der Waals surface area contributed by atoms with Crippen LogP contribution in [0.15, 0.2) is 9.68 Å². The zero-order chi connectivity index (χ0) is 16.1. The van der Waals surface area contributed by atoms with E-state index in [0.29, 0.717) is 6.42 Å². The second-order valence-corrected chi connectivity index (χ2v) is 16.3. The molecule has 0 aliphatic heterocycles. The van der Waals surface area contributed by atoms with Crippen molar-refractivity contribution in [3.8, 4) is 0 Å². The van der Waals surface area contributed by atoms with E-state index in [1.165, 1.54) is 0 Å². The Hall–Kier alpha value is 0.977. The normalized spacial score (nSPS) is 29.8. The molecule has 1 fully saturated rings. The predicted molar refractivity (Wildman–Crippen MR) is 95.6 cm³/mol. The molecule has 0 amide bonds. The van der Waals surface area contributed by atoms with E-state index in [4.69, 9.17) is 34.8 Å². The van der Waals surface area contributed by atoms with Crippen molar-refractivity contribution >= 4 is 64.6 Å². The molecule has 1 aliphatic carbocycles. The average molecular weight is 421 g/mol. The van der Waals surface area contributed by atoms with Crippen molar-refractivity contribution in [3.63, 3.8) is 0 Å². The molecule has 0 radical (unpaired) electrons. The minimum Gasteiger partial charge on any atom is -0.294 e. The van der Waals surface area contributed by atoms with Crippen LogP contribution in [-0.2, 0) is 4.79 Å². The molecule has 116 valence electrons. The van der Waals surface area contributed by atoms with Gasteiger partial charge in [0.2, 0.25) is 0 Å². The van der Waals surface area contributed by atoms with Gasteiger partial charge in [0.05, 0.1) is 8.07 Å². The average Bonchev–Trinajstić information content (AvgIpc) is 2.37. The Labute approximate surface area is 146 Å². The fourth-order valence-corrected chi connectivity index (χ4v) is 4.75. The Morgan fingerprint density at radius 2 is 1.75 bits per heavy atom. The number of Topliss-reactive ketones (excluding diaryl/α,β-unsaturated/α-hetero) is 1. The SMILES string of the molecule is C[C@@H]1[C@@H](CC(Cl)(Cl)Cl)/C(=C(\Br)[Si](C)(C)C)C(=O)C1(C)C. The van der Waals surface area contributed by atoms with Crippen LogP contribution in [0.3, 0.4) is 0 Å². The van der Waals surface area contributed by atoms with E-state index in [9.17, 15) is 4.79 Å². The van der Waals surface area contributed by atoms with Crippen molar-refractivity contribution in [2.75, 3.05) is 0 Å². The van der Waals surface area contributed by atoms with Gasteiger partial charge >= 0.3 is 0 Å². The lowest BCUT2D eigenvalue weighted by molar-refractivity contribution is -0.122. The van der Waals surface area contributed by atoms with Crippen LogP contribution < -0.4 is 0 Å². The number of allylic oxidation sites excluding steroid dienone is 1. The van der Waals surface area contributed by atoms with Crippen molar-refractivity contribution in [1.82, 2.24) is 0 Å². The fraction of sp³-hybridized carbons (Fsp3) is 0.786. The molecule has 0 saturated heterocycles. The first kappa shape index (κ1) is 19.0. The zero-order valence-corrected chi connectivity index (χ0v) is 17.6. The van der Waals surface area contributed by atoms with Crippen molar-refractivity contribution in [3.05, 3.63) is 9.68 Å². The third-order valence-electron chi connectivity index (χ3n) is 4.29. The lowest BCUT2D eigenvalue weighted by Gasteiger charge is -2.27. The summed E-state index contributed by atoms with van der Waals surface area (Å²) in [4.78, 5) is 12.8. The highest BCUT2D eigenvalue weighted by molar-refractivity contribution is 9.12. The predicted octanol–water partition coefficient (Wildman–Crippen LogP) is 6.13. The maximum absolute atomic E-state index is 12.8. The molecule has 0 unspecified atom stereocenters. The monoisotopic (exact) mass is 418 g/mol. The minimum absolute atomic E-state index is 0.00824. The lowest BCUT2D eigenvalue weighted by atomic mass is 9.79. The van der Waals surface area contributed by atoms with Gasteiger partial charge in [-0.25, -0.2) is 0 Å². The van der Waals surface area contributed by atoms with Crippen LogP contribution >= 0.6 is 50.7 Å². The van der Waals surface area contributed by atoms with Crippen molar-refractivity contribution < 1.29 is 4.79 Å². The van der Waals surface area contributed by atoms with Gasteiger partial charge in [0, 0.05) is 17.4 Å². The Bertz CT molecular complexity index is 446. The van der Waals surface area contributed by atoms with Gasteiger partial charge in [-0.2, -0.15) is 0 Å². The Kier molecular flexibility index (Phi) is 5.59. The van der Waals surface area contributed by atoms with Crippen molar-refractivity contribution in [1.29, 1.82) is 0 Å². The van der Waals surface area contributed by atoms with E-state index in [2.05, 4.69) is 42.5 Å². The summed E-state index contributed by atoms with van der Waals surface area (Å²) in [5, 5.41) is 0. The summed E-state index contributed by atoms with van der Waals surface area (Å²) in [5.41, 5.74) is 0.446. The molecule has 6 heteroatoms. The standard InChI is InChI=1S/C14H22BrCl3OSi/c1-8-9(7-14(16,17)18)10(11(19)13(8,2)3)12(15)20(4,5)6/h8-9H,7H2,1-6H3/b12-10-/t8-,9-/m1/s1. The third-order valence-corrected chi connectivity index (χ3v) is 10.3. The summed E-state index contributed by atoms with van der Waals surface area (Å²) in [6, 6.07) is 0. The first-order chi connectivity index (χ1) is 8.69. The Morgan fingerprint density at radius 3 is 2.10 bits per heavy atom. The third kappa shape index (κ3) is 3.84. The van der Waals surface area contributed by atoms with Gasteiger partial charge in [0.1, 0.15) is 0 Å². The Morgan fingerprint density at radius 1 is 1.30 bits per heavy atom. The Balaban J connectivity index is 3.41. The number of halogens is 4. The molecule has 0 aromatic rings. The van der Waals surface area contributed by atoms with E-state index in [1.807, 2.05) is 13.8 Å². The highest BCUT2D eigenvalue weighted by atomic mass is 79.9. The van der Waals surface area contributed by atoms with Gasteiger partial charge in [-0.1, -0.05) is 91.1 Å². The van der Waals surface area contributed by atoms with Gasteiger partial charge in [-0.15, -0.1) is 0 Å². The topological polar surface area (TPSA) is 17.1 Å². The van der Waals surface area contributed by atoms with Gasteiger partial charge in [-0.3, -0.25) is 4.79 Å². The first-order valence-electron chi connectivity index (χ1n) is 6.71. The molecule has 0 aromatic carbocycles. The quantitative estimate of drug-likeness (QED) is 0.298. The minimum atomic E-state index is -1.63. The van der Waals surface area contributed by atoms with Crippen LogP contribution in [0.5, 0.6) is 0 Å². The van der Waals surface area contributed by atoms with Gasteiger partial charge < -0.3 is 0 Å². The lowest BCUT2D eigenvalue weighted by Crippen LogP contribution is -2.26. The summed E-state index contributed by atoms with van der Waals surface area (Å²) in [6.45, 7) is 12.7. The molecule has 1 rings (SSSR count). The summed E-state index contributed by atoms with van der Waals surface area (Å²) < 4.78 is -0.274. The number of rotatable bonds is 2. The van der Waals surface area contributed by atoms with Crippen LogP contribution in [0, 0.1) is 17.3 Å². The number of carbonyl (C=O) groups excluding carboxylic acids is 1. The molecule has 0 bridgehead atoms. The summed E-state index contributed by atoms with van der Waals surface area (Å²) in [5.74, 6) is 0.342. The molecule has 0 spiro atoms. The zero-order valence-electron chi connectivity index (χ0n) is 12.8.